The molecule has 0 spiro atoms. The highest BCUT2D eigenvalue weighted by atomic mass is 35.5. The Bertz CT molecular complexity index is 562. The number of aromatic nitrogens is 1. The lowest BCUT2D eigenvalue weighted by Crippen LogP contribution is -2.31. The topological polar surface area (TPSA) is 38.5 Å². The predicted octanol–water partition coefficient (Wildman–Crippen LogP) is 3.80. The minimum absolute atomic E-state index is 0. The van der Waals surface area contributed by atoms with Crippen molar-refractivity contribution < 1.29 is 9.26 Å². The van der Waals surface area contributed by atoms with Crippen molar-refractivity contribution in [3.05, 3.63) is 36.1 Å². The molecule has 1 fully saturated rings. The van der Waals surface area contributed by atoms with Gasteiger partial charge in [0.15, 0.2) is 0 Å². The number of rotatable bonds is 5. The van der Waals surface area contributed by atoms with Crippen molar-refractivity contribution in [3.8, 4) is 17.0 Å². The molecular formula is C17H23ClN2O2. The van der Waals surface area contributed by atoms with Crippen molar-refractivity contribution in [1.82, 2.24) is 10.1 Å². The van der Waals surface area contributed by atoms with Crippen molar-refractivity contribution in [1.29, 1.82) is 0 Å². The first kappa shape index (κ1) is 16.8. The number of methoxy groups -OCH3 is 1. The van der Waals surface area contributed by atoms with Crippen molar-refractivity contribution in [2.24, 2.45) is 0 Å². The third-order valence-electron chi connectivity index (χ3n) is 4.07. The number of nitrogens with zero attached hydrogens (tertiary/aromatic N) is 2. The van der Waals surface area contributed by atoms with E-state index in [0.717, 1.165) is 35.7 Å². The lowest BCUT2D eigenvalue weighted by Gasteiger charge is -2.25. The van der Waals surface area contributed by atoms with E-state index in [2.05, 4.69) is 10.1 Å². The van der Waals surface area contributed by atoms with Gasteiger partial charge in [-0.3, -0.25) is 0 Å². The van der Waals surface area contributed by atoms with Gasteiger partial charge in [-0.1, -0.05) is 11.6 Å². The summed E-state index contributed by atoms with van der Waals surface area (Å²) in [5.41, 5.74) is 1.95. The quantitative estimate of drug-likeness (QED) is 0.839. The van der Waals surface area contributed by atoms with Gasteiger partial charge in [0.1, 0.15) is 17.2 Å². The second kappa shape index (κ2) is 8.20. The summed E-state index contributed by atoms with van der Waals surface area (Å²) in [5, 5.41) is 4.17. The molecule has 0 N–H and O–H groups in total. The van der Waals surface area contributed by atoms with Gasteiger partial charge in [-0.15, -0.1) is 12.4 Å². The highest BCUT2D eigenvalue weighted by Crippen LogP contribution is 2.22. The van der Waals surface area contributed by atoms with Crippen LogP contribution >= 0.6 is 12.4 Å². The third kappa shape index (κ3) is 4.24. The molecule has 1 aromatic carbocycles. The second-order valence-corrected chi connectivity index (χ2v) is 5.56. The van der Waals surface area contributed by atoms with E-state index in [9.17, 15) is 0 Å². The van der Waals surface area contributed by atoms with Gasteiger partial charge in [0.25, 0.3) is 0 Å². The summed E-state index contributed by atoms with van der Waals surface area (Å²) in [6.45, 7) is 3.51. The molecule has 3 rings (SSSR count). The molecule has 1 aliphatic rings. The molecule has 0 unspecified atom stereocenters. The molecule has 1 saturated heterocycles. The van der Waals surface area contributed by atoms with Crippen LogP contribution in [0.1, 0.15) is 25.0 Å². The van der Waals surface area contributed by atoms with Crippen molar-refractivity contribution in [3.63, 3.8) is 0 Å². The molecule has 0 amide bonds. The minimum atomic E-state index is 0. The largest absolute Gasteiger partial charge is 0.497 e. The smallest absolute Gasteiger partial charge is 0.138 e. The van der Waals surface area contributed by atoms with E-state index in [1.807, 2.05) is 30.3 Å². The number of likely N-dealkylation sites (tertiary alicyclic amines) is 1. The molecule has 0 bridgehead atoms. The first-order chi connectivity index (χ1) is 10.3. The van der Waals surface area contributed by atoms with Crippen LogP contribution in [0.5, 0.6) is 5.75 Å². The van der Waals surface area contributed by atoms with Crippen LogP contribution in [0.15, 0.2) is 34.9 Å². The van der Waals surface area contributed by atoms with E-state index >= 15 is 0 Å². The summed E-state index contributed by atoms with van der Waals surface area (Å²) in [5.74, 6) is 1.82. The number of piperidine rings is 1. The molecule has 22 heavy (non-hydrogen) atoms. The van der Waals surface area contributed by atoms with E-state index in [1.165, 1.54) is 32.4 Å². The van der Waals surface area contributed by atoms with Gasteiger partial charge < -0.3 is 14.2 Å². The fraction of sp³-hybridized carbons (Fsp3) is 0.471. The van der Waals surface area contributed by atoms with E-state index < -0.39 is 0 Å². The number of benzene rings is 1. The molecule has 2 aromatic rings. The first-order valence-corrected chi connectivity index (χ1v) is 7.67. The third-order valence-corrected chi connectivity index (χ3v) is 4.07. The molecule has 0 radical (unpaired) electrons. The van der Waals surface area contributed by atoms with E-state index in [-0.39, 0.29) is 12.4 Å². The summed E-state index contributed by atoms with van der Waals surface area (Å²) >= 11 is 0. The maximum absolute atomic E-state index is 5.46. The van der Waals surface area contributed by atoms with Crippen LogP contribution in [0, 0.1) is 0 Å². The van der Waals surface area contributed by atoms with E-state index in [4.69, 9.17) is 9.26 Å². The normalized spacial score (nSPS) is 15.3. The van der Waals surface area contributed by atoms with Crippen molar-refractivity contribution in [2.45, 2.75) is 25.7 Å². The van der Waals surface area contributed by atoms with Crippen LogP contribution in [-0.4, -0.2) is 36.8 Å². The maximum Gasteiger partial charge on any atom is 0.138 e. The Kier molecular flexibility index (Phi) is 6.28. The van der Waals surface area contributed by atoms with Crippen LogP contribution in [-0.2, 0) is 6.42 Å². The summed E-state index contributed by atoms with van der Waals surface area (Å²) in [6.07, 6.45) is 4.96. The first-order valence-electron chi connectivity index (χ1n) is 7.67. The lowest BCUT2D eigenvalue weighted by atomic mass is 10.1. The summed E-state index contributed by atoms with van der Waals surface area (Å²) < 4.78 is 10.6. The second-order valence-electron chi connectivity index (χ2n) is 5.56. The number of hydrogen-bond donors (Lipinski definition) is 0. The number of hydrogen-bond acceptors (Lipinski definition) is 4. The fourth-order valence-corrected chi connectivity index (χ4v) is 2.78. The van der Waals surface area contributed by atoms with Crippen LogP contribution in [0.25, 0.3) is 11.3 Å². The SMILES string of the molecule is COc1ccc(-c2cc(CCN3CCCCC3)on2)cc1.Cl. The maximum atomic E-state index is 5.46. The van der Waals surface area contributed by atoms with Crippen molar-refractivity contribution >= 4 is 12.4 Å². The average molecular weight is 323 g/mol. The Hall–Kier alpha value is -1.52. The number of halogens is 1. The lowest BCUT2D eigenvalue weighted by molar-refractivity contribution is 0.224. The van der Waals surface area contributed by atoms with Crippen LogP contribution < -0.4 is 4.74 Å². The van der Waals surface area contributed by atoms with Gasteiger partial charge in [-0.2, -0.15) is 0 Å². The zero-order valence-corrected chi connectivity index (χ0v) is 13.8. The molecule has 4 nitrogen and oxygen atoms in total. The molecule has 120 valence electrons. The van der Waals surface area contributed by atoms with Crippen LogP contribution in [0.2, 0.25) is 0 Å². The summed E-state index contributed by atoms with van der Waals surface area (Å²) in [6, 6.07) is 9.94. The molecule has 2 heterocycles. The highest BCUT2D eigenvalue weighted by Gasteiger charge is 2.12. The zero-order chi connectivity index (χ0) is 14.5. The van der Waals surface area contributed by atoms with Gasteiger partial charge in [0.2, 0.25) is 0 Å². The summed E-state index contributed by atoms with van der Waals surface area (Å²) in [4.78, 5) is 2.51. The Morgan fingerprint density at radius 2 is 1.86 bits per heavy atom. The van der Waals surface area contributed by atoms with Gasteiger partial charge in [-0.25, -0.2) is 0 Å². The highest BCUT2D eigenvalue weighted by molar-refractivity contribution is 5.85. The Labute approximate surface area is 137 Å². The molecule has 0 atom stereocenters. The predicted molar refractivity (Wildman–Crippen MR) is 89.7 cm³/mol. The Balaban J connectivity index is 0.00000176. The van der Waals surface area contributed by atoms with Gasteiger partial charge in [0.05, 0.1) is 7.11 Å². The summed E-state index contributed by atoms with van der Waals surface area (Å²) in [7, 11) is 1.67. The molecule has 1 aromatic heterocycles. The minimum Gasteiger partial charge on any atom is -0.497 e. The number of ether oxygens (including phenoxy) is 1. The monoisotopic (exact) mass is 322 g/mol. The van der Waals surface area contributed by atoms with Crippen LogP contribution in [0.3, 0.4) is 0 Å². The van der Waals surface area contributed by atoms with Gasteiger partial charge >= 0.3 is 0 Å². The average Bonchev–Trinajstić information content (AvgIpc) is 3.03. The van der Waals surface area contributed by atoms with Crippen molar-refractivity contribution in [2.75, 3.05) is 26.7 Å². The molecule has 5 heteroatoms. The standard InChI is InChI=1S/C17H22N2O2.ClH/c1-20-15-7-5-14(6-8-15)17-13-16(21-18-17)9-12-19-10-3-2-4-11-19;/h5-8,13H,2-4,9-12H2,1H3;1H. The molecule has 1 aliphatic heterocycles. The fourth-order valence-electron chi connectivity index (χ4n) is 2.78. The van der Waals surface area contributed by atoms with E-state index in [1.54, 1.807) is 7.11 Å². The van der Waals surface area contributed by atoms with Crippen LogP contribution in [0.4, 0.5) is 0 Å². The Morgan fingerprint density at radius 1 is 1.14 bits per heavy atom. The van der Waals surface area contributed by atoms with Gasteiger partial charge in [-0.05, 0) is 50.2 Å². The molecule has 0 saturated carbocycles. The zero-order valence-electron chi connectivity index (χ0n) is 13.0. The van der Waals surface area contributed by atoms with E-state index in [0.29, 0.717) is 0 Å². The Morgan fingerprint density at radius 3 is 2.55 bits per heavy atom. The molecular weight excluding hydrogens is 300 g/mol. The van der Waals surface area contributed by atoms with Gasteiger partial charge in [0, 0.05) is 24.6 Å². The molecule has 0 aliphatic carbocycles.